The van der Waals surface area contributed by atoms with Gasteiger partial charge in [0, 0.05) is 72.6 Å². The number of unbranched alkanes of at least 4 members (excludes halogenated alkanes) is 27. The molecule has 0 saturated carbocycles. The monoisotopic (exact) mass is 925 g/mol. The number of carbonyl (C=O) groups is 1. The van der Waals surface area contributed by atoms with Crippen LogP contribution in [0.1, 0.15) is 206 Å². The molecule has 8 heteroatoms. The average Bonchev–Trinajstić information content (AvgIpc) is 3.83. The molecule has 1 fully saturated rings. The molecule has 5 rings (SSSR count). The quantitative estimate of drug-likeness (QED) is 0.0418. The van der Waals surface area contributed by atoms with Gasteiger partial charge in [-0.1, -0.05) is 187 Å². The Bertz CT molecular complexity index is 1810. The zero-order valence-corrected chi connectivity index (χ0v) is 42.9. The van der Waals surface area contributed by atoms with Gasteiger partial charge in [-0.05, 0) is 74.0 Å². The van der Waals surface area contributed by atoms with Crippen molar-refractivity contribution in [2.24, 2.45) is 0 Å². The maximum absolute atomic E-state index is 13.7. The van der Waals surface area contributed by atoms with Crippen LogP contribution in [0.4, 0.5) is 10.5 Å². The van der Waals surface area contributed by atoms with Gasteiger partial charge >= 0.3 is 6.09 Å². The van der Waals surface area contributed by atoms with Gasteiger partial charge in [-0.15, -0.1) is 11.3 Å². The number of hydrogen-bond acceptors (Lipinski definition) is 7. The van der Waals surface area contributed by atoms with Crippen LogP contribution in [0.3, 0.4) is 0 Å². The number of benzene rings is 2. The number of nitrogens with zero attached hydrogens (tertiary/aromatic N) is 4. The van der Waals surface area contributed by atoms with Gasteiger partial charge in [-0.25, -0.2) is 9.78 Å². The molecule has 0 aliphatic carbocycles. The summed E-state index contributed by atoms with van der Waals surface area (Å²) in [4.78, 5) is 25.6. The van der Waals surface area contributed by atoms with Crippen LogP contribution in [0.2, 0.25) is 0 Å². The van der Waals surface area contributed by atoms with Crippen molar-refractivity contribution >= 4 is 44.1 Å². The molecule has 1 aliphatic heterocycles. The molecule has 4 aromatic rings. The molecule has 1 aliphatic rings. The summed E-state index contributed by atoms with van der Waals surface area (Å²) in [6, 6.07) is 18.9. The number of fused-ring (bicyclic) bond motifs is 2. The minimum atomic E-state index is -0.264. The number of aromatic nitrogens is 1. The van der Waals surface area contributed by atoms with Gasteiger partial charge in [-0.2, -0.15) is 0 Å². The average molecular weight is 925 g/mol. The fourth-order valence-corrected chi connectivity index (χ4v) is 10.6. The third kappa shape index (κ3) is 21.3. The Morgan fingerprint density at radius 1 is 0.591 bits per heavy atom. The second-order valence-electron chi connectivity index (χ2n) is 19.5. The van der Waals surface area contributed by atoms with Gasteiger partial charge < -0.3 is 19.3 Å². The fourth-order valence-electron chi connectivity index (χ4n) is 9.76. The van der Waals surface area contributed by atoms with Crippen LogP contribution in [-0.4, -0.2) is 73.3 Å². The van der Waals surface area contributed by atoms with Crippen molar-refractivity contribution in [1.29, 1.82) is 0 Å². The van der Waals surface area contributed by atoms with Crippen molar-refractivity contribution in [2.75, 3.05) is 57.3 Å². The third-order valence-corrected chi connectivity index (χ3v) is 14.9. The molecule has 0 radical (unpaired) electrons. The Labute approximate surface area is 406 Å². The summed E-state index contributed by atoms with van der Waals surface area (Å²) < 4.78 is 13.6. The molecule has 0 N–H and O–H groups in total. The Morgan fingerprint density at radius 2 is 1.12 bits per heavy atom. The molecule has 0 spiro atoms. The lowest BCUT2D eigenvalue weighted by atomic mass is 10.0. The molecular formula is C58H92N4O3S. The van der Waals surface area contributed by atoms with Gasteiger partial charge in [0.2, 0.25) is 5.88 Å². The van der Waals surface area contributed by atoms with Crippen LogP contribution in [0.5, 0.6) is 11.6 Å². The number of carbonyl (C=O) groups excluding carboxylic acids is 1. The summed E-state index contributed by atoms with van der Waals surface area (Å²) in [5.41, 5.74) is 2.17. The van der Waals surface area contributed by atoms with E-state index < -0.39 is 0 Å². The Hall–Kier alpha value is -3.36. The number of hydrogen-bond donors (Lipinski definition) is 0. The molecule has 2 aromatic carbocycles. The van der Waals surface area contributed by atoms with Gasteiger partial charge in [0.15, 0.2) is 0 Å². The topological polar surface area (TPSA) is 58.1 Å². The largest absolute Gasteiger partial charge is 0.494 e. The molecule has 7 nitrogen and oxygen atoms in total. The van der Waals surface area contributed by atoms with Crippen LogP contribution in [0.25, 0.3) is 21.0 Å². The first-order valence-electron chi connectivity index (χ1n) is 27.6. The minimum Gasteiger partial charge on any atom is -0.494 e. The van der Waals surface area contributed by atoms with Crippen molar-refractivity contribution in [2.45, 2.75) is 206 Å². The first-order valence-corrected chi connectivity index (χ1v) is 28.5. The first kappa shape index (κ1) is 53.6. The molecule has 1 amide bonds. The molecule has 66 heavy (non-hydrogen) atoms. The van der Waals surface area contributed by atoms with Crippen molar-refractivity contribution in [3.8, 4) is 11.6 Å². The normalized spacial score (nSPS) is 13.3. The number of thiophene rings is 1. The summed E-state index contributed by atoms with van der Waals surface area (Å²) in [6.45, 7) is 12.2. The lowest BCUT2D eigenvalue weighted by Crippen LogP contribution is -2.46. The fraction of sp³-hybridized carbons (Fsp3) is 0.690. The van der Waals surface area contributed by atoms with Crippen molar-refractivity contribution in [3.05, 3.63) is 60.0 Å². The van der Waals surface area contributed by atoms with Gasteiger partial charge in [0.25, 0.3) is 0 Å². The number of anilines is 1. The van der Waals surface area contributed by atoms with E-state index in [1.54, 1.807) is 0 Å². The Balaban J connectivity index is 0.988. The predicted molar refractivity (Wildman–Crippen MR) is 285 cm³/mol. The molecule has 368 valence electrons. The van der Waals surface area contributed by atoms with E-state index in [-0.39, 0.29) is 6.09 Å². The highest BCUT2D eigenvalue weighted by Gasteiger charge is 2.19. The van der Waals surface area contributed by atoms with E-state index >= 15 is 0 Å². The molecule has 3 heterocycles. The summed E-state index contributed by atoms with van der Waals surface area (Å²) >= 11 is 1.83. The van der Waals surface area contributed by atoms with E-state index in [0.29, 0.717) is 12.5 Å². The molecule has 2 aromatic heterocycles. The smallest absolute Gasteiger partial charge is 0.416 e. The predicted octanol–water partition coefficient (Wildman–Crippen LogP) is 17.2. The van der Waals surface area contributed by atoms with Crippen LogP contribution in [0, 0.1) is 0 Å². The van der Waals surface area contributed by atoms with Gasteiger partial charge in [0.1, 0.15) is 5.75 Å². The van der Waals surface area contributed by atoms with Crippen molar-refractivity contribution in [3.63, 3.8) is 0 Å². The summed E-state index contributed by atoms with van der Waals surface area (Å²) in [7, 11) is 0. The lowest BCUT2D eigenvalue weighted by Gasteiger charge is -2.36. The van der Waals surface area contributed by atoms with E-state index in [0.717, 1.165) is 88.1 Å². The van der Waals surface area contributed by atoms with E-state index in [2.05, 4.69) is 59.4 Å². The van der Waals surface area contributed by atoms with E-state index in [4.69, 9.17) is 14.5 Å². The van der Waals surface area contributed by atoms with Crippen LogP contribution in [-0.2, 0) is 0 Å². The SMILES string of the molecule is CCCCCCCCCCCCCCCCN(CCCCCCCCCCCCCCCC)C(=O)Oc1ccc2ccc(OCCCCN3CCN(c4cccc5sccc45)CC3)cc2n1. The minimum absolute atomic E-state index is 0.264. The van der Waals surface area contributed by atoms with Crippen molar-refractivity contribution < 1.29 is 14.3 Å². The van der Waals surface area contributed by atoms with E-state index in [1.165, 1.54) is 183 Å². The first-order chi connectivity index (χ1) is 32.6. The lowest BCUT2D eigenvalue weighted by molar-refractivity contribution is 0.148. The Kier molecular flexibility index (Phi) is 27.6. The highest BCUT2D eigenvalue weighted by atomic mass is 32.1. The maximum Gasteiger partial charge on any atom is 0.416 e. The van der Waals surface area contributed by atoms with Crippen LogP contribution < -0.4 is 14.4 Å². The second kappa shape index (κ2) is 34.0. The molecule has 0 atom stereocenters. The molecule has 0 bridgehead atoms. The third-order valence-electron chi connectivity index (χ3n) is 14.0. The number of ether oxygens (including phenoxy) is 2. The summed E-state index contributed by atoms with van der Waals surface area (Å²) in [5, 5.41) is 4.60. The van der Waals surface area contributed by atoms with E-state index in [9.17, 15) is 4.79 Å². The zero-order valence-electron chi connectivity index (χ0n) is 42.1. The molecule has 1 saturated heterocycles. The highest BCUT2D eigenvalue weighted by Crippen LogP contribution is 2.31. The summed E-state index contributed by atoms with van der Waals surface area (Å²) in [6.07, 6.45) is 39.1. The molecule has 0 unspecified atom stereocenters. The number of rotatable bonds is 38. The van der Waals surface area contributed by atoms with E-state index in [1.807, 2.05) is 40.5 Å². The van der Waals surface area contributed by atoms with Crippen LogP contribution >= 0.6 is 11.3 Å². The summed E-state index contributed by atoms with van der Waals surface area (Å²) in [5.74, 6) is 1.18. The Morgan fingerprint density at radius 3 is 1.68 bits per heavy atom. The van der Waals surface area contributed by atoms with Gasteiger partial charge in [0.05, 0.1) is 12.1 Å². The number of amides is 1. The highest BCUT2D eigenvalue weighted by molar-refractivity contribution is 7.17. The number of piperazine rings is 1. The van der Waals surface area contributed by atoms with Gasteiger partial charge in [-0.3, -0.25) is 4.90 Å². The van der Waals surface area contributed by atoms with Crippen molar-refractivity contribution in [1.82, 2.24) is 14.8 Å². The zero-order chi connectivity index (χ0) is 46.1. The second-order valence-corrected chi connectivity index (χ2v) is 20.5. The molecular weight excluding hydrogens is 833 g/mol. The number of pyridine rings is 1. The standard InChI is InChI=1S/C58H92N4O3S/c1-3-5-7-9-11-13-15-17-19-21-23-25-27-29-42-62(43-30-28-26-24-22-20-18-16-14-12-10-8-6-4-2)58(63)65-57-39-37-51-36-38-52(50-54(51)59-57)64-48-32-31-41-60-44-46-61(47-45-60)55-34-33-35-56-53(55)40-49-66-56/h33-40,49-50H,3-32,41-48H2,1-2H3. The maximum atomic E-state index is 13.7. The van der Waals surface area contributed by atoms with Crippen LogP contribution in [0.15, 0.2) is 60.0 Å².